The summed E-state index contributed by atoms with van der Waals surface area (Å²) in [6.45, 7) is 5.48. The third kappa shape index (κ3) is 3.69. The van der Waals surface area contributed by atoms with E-state index in [1.54, 1.807) is 6.33 Å². The molecular formula is C29H27N5O2. The number of anilines is 1. The van der Waals surface area contributed by atoms with E-state index < -0.39 is 17.2 Å². The molecule has 36 heavy (non-hydrogen) atoms. The minimum absolute atomic E-state index is 0.252. The number of imidazole rings is 1. The van der Waals surface area contributed by atoms with Crippen LogP contribution in [0.1, 0.15) is 37.5 Å². The van der Waals surface area contributed by atoms with Gasteiger partial charge in [-0.3, -0.25) is 9.47 Å². The van der Waals surface area contributed by atoms with Crippen molar-refractivity contribution in [3.63, 3.8) is 0 Å². The summed E-state index contributed by atoms with van der Waals surface area (Å²) in [5.74, 6) is 0.252. The normalized spacial score (nSPS) is 12.0. The number of hydrogen-bond acceptors (Lipinski definition) is 4. The van der Waals surface area contributed by atoms with E-state index in [0.29, 0.717) is 11.2 Å². The zero-order chi connectivity index (χ0) is 25.3. The number of carboxylic acid groups (broad SMARTS) is 1. The van der Waals surface area contributed by atoms with Crippen molar-refractivity contribution in [1.29, 1.82) is 0 Å². The van der Waals surface area contributed by atoms with Gasteiger partial charge in [0.25, 0.3) is 0 Å². The van der Waals surface area contributed by atoms with Crippen molar-refractivity contribution < 1.29 is 9.90 Å². The van der Waals surface area contributed by atoms with Gasteiger partial charge < -0.3 is 5.11 Å². The number of benzene rings is 3. The predicted octanol–water partition coefficient (Wildman–Crippen LogP) is 5.95. The Hall–Kier alpha value is -4.52. The van der Waals surface area contributed by atoms with Crippen molar-refractivity contribution in [2.24, 2.45) is 0 Å². The molecule has 0 radical (unpaired) electrons. The van der Waals surface area contributed by atoms with E-state index >= 15 is 0 Å². The molecule has 0 atom stereocenters. The number of rotatable bonds is 5. The fraction of sp³-hybridized carbons (Fsp3) is 0.172. The molecular weight excluding hydrogens is 450 g/mol. The van der Waals surface area contributed by atoms with Gasteiger partial charge in [0.15, 0.2) is 17.0 Å². The van der Waals surface area contributed by atoms with Gasteiger partial charge in [0, 0.05) is 5.54 Å². The molecule has 0 aliphatic rings. The summed E-state index contributed by atoms with van der Waals surface area (Å²) in [6, 6.07) is 30.6. The molecule has 0 unspecified atom stereocenters. The Balaban J connectivity index is 1.90. The Bertz CT molecular complexity index is 1400. The highest BCUT2D eigenvalue weighted by Crippen LogP contribution is 2.43. The van der Waals surface area contributed by atoms with Crippen LogP contribution in [-0.2, 0) is 5.54 Å². The Morgan fingerprint density at radius 1 is 0.750 bits per heavy atom. The SMILES string of the molecule is CC(C)(C)N(C(=O)O)c1ncnc2c1ncn2C(c1ccccc1)(c1ccccc1)c1ccccc1. The topological polar surface area (TPSA) is 84.1 Å². The van der Waals surface area contributed by atoms with Crippen LogP contribution in [0, 0.1) is 0 Å². The molecule has 2 aromatic heterocycles. The van der Waals surface area contributed by atoms with Gasteiger partial charge in [-0.15, -0.1) is 0 Å². The molecule has 0 spiro atoms. The molecule has 0 aliphatic carbocycles. The first-order chi connectivity index (χ1) is 17.3. The predicted molar refractivity (Wildman–Crippen MR) is 140 cm³/mol. The second-order valence-corrected chi connectivity index (χ2v) is 9.58. The van der Waals surface area contributed by atoms with Crippen LogP contribution in [-0.4, -0.2) is 36.3 Å². The highest BCUT2D eigenvalue weighted by atomic mass is 16.4. The van der Waals surface area contributed by atoms with Gasteiger partial charge in [0.2, 0.25) is 0 Å². The van der Waals surface area contributed by atoms with Gasteiger partial charge in [-0.2, -0.15) is 0 Å². The summed E-state index contributed by atoms with van der Waals surface area (Å²) < 4.78 is 2.02. The molecule has 0 fully saturated rings. The quantitative estimate of drug-likeness (QED) is 0.316. The van der Waals surface area contributed by atoms with E-state index in [-0.39, 0.29) is 5.82 Å². The Labute approximate surface area is 209 Å². The van der Waals surface area contributed by atoms with Gasteiger partial charge in [-0.25, -0.2) is 19.7 Å². The Morgan fingerprint density at radius 2 is 1.22 bits per heavy atom. The van der Waals surface area contributed by atoms with E-state index in [9.17, 15) is 9.90 Å². The maximum absolute atomic E-state index is 12.3. The molecule has 0 saturated carbocycles. The third-order valence-electron chi connectivity index (χ3n) is 6.32. The lowest BCUT2D eigenvalue weighted by atomic mass is 9.76. The van der Waals surface area contributed by atoms with Crippen molar-refractivity contribution in [1.82, 2.24) is 19.5 Å². The highest BCUT2D eigenvalue weighted by molar-refractivity contribution is 5.95. The van der Waals surface area contributed by atoms with Crippen LogP contribution in [0.4, 0.5) is 10.6 Å². The van der Waals surface area contributed by atoms with Crippen molar-refractivity contribution in [3.8, 4) is 0 Å². The highest BCUT2D eigenvalue weighted by Gasteiger charge is 2.41. The summed E-state index contributed by atoms with van der Waals surface area (Å²) in [5.41, 5.74) is 2.47. The molecule has 7 nitrogen and oxygen atoms in total. The second-order valence-electron chi connectivity index (χ2n) is 9.58. The van der Waals surface area contributed by atoms with E-state index in [1.807, 2.05) is 79.9 Å². The van der Waals surface area contributed by atoms with Gasteiger partial charge in [0.1, 0.15) is 11.9 Å². The summed E-state index contributed by atoms with van der Waals surface area (Å²) in [7, 11) is 0. The van der Waals surface area contributed by atoms with E-state index in [4.69, 9.17) is 4.98 Å². The molecule has 180 valence electrons. The molecule has 0 aliphatic heterocycles. The second kappa shape index (κ2) is 8.92. The van der Waals surface area contributed by atoms with Crippen LogP contribution in [0.5, 0.6) is 0 Å². The first-order valence-electron chi connectivity index (χ1n) is 11.7. The lowest BCUT2D eigenvalue weighted by molar-refractivity contribution is 0.195. The van der Waals surface area contributed by atoms with Crippen LogP contribution in [0.2, 0.25) is 0 Å². The fourth-order valence-corrected chi connectivity index (χ4v) is 4.88. The maximum atomic E-state index is 12.3. The van der Waals surface area contributed by atoms with Gasteiger partial charge in [0.05, 0.1) is 6.33 Å². The molecule has 5 rings (SSSR count). The summed E-state index contributed by atoms with van der Waals surface area (Å²) in [5, 5.41) is 10.1. The lowest BCUT2D eigenvalue weighted by Crippen LogP contribution is -2.45. The zero-order valence-corrected chi connectivity index (χ0v) is 20.4. The van der Waals surface area contributed by atoms with Gasteiger partial charge in [-0.05, 0) is 37.5 Å². The monoisotopic (exact) mass is 477 g/mol. The third-order valence-corrected chi connectivity index (χ3v) is 6.32. The average Bonchev–Trinajstić information content (AvgIpc) is 3.31. The van der Waals surface area contributed by atoms with Crippen LogP contribution in [0.25, 0.3) is 11.2 Å². The van der Waals surface area contributed by atoms with Crippen molar-refractivity contribution in [3.05, 3.63) is 120 Å². The molecule has 5 aromatic rings. The van der Waals surface area contributed by atoms with Crippen molar-refractivity contribution in [2.45, 2.75) is 31.8 Å². The Morgan fingerprint density at radius 3 is 1.64 bits per heavy atom. The number of fused-ring (bicyclic) bond motifs is 1. The summed E-state index contributed by atoms with van der Waals surface area (Å²) in [4.78, 5) is 27.2. The summed E-state index contributed by atoms with van der Waals surface area (Å²) in [6.07, 6.45) is 2.04. The van der Waals surface area contributed by atoms with E-state index in [2.05, 4.69) is 46.4 Å². The largest absolute Gasteiger partial charge is 0.465 e. The molecule has 1 N–H and O–H groups in total. The lowest BCUT2D eigenvalue weighted by Gasteiger charge is -2.37. The minimum Gasteiger partial charge on any atom is -0.465 e. The minimum atomic E-state index is -1.10. The average molecular weight is 478 g/mol. The van der Waals surface area contributed by atoms with Crippen LogP contribution >= 0.6 is 0 Å². The number of hydrogen-bond donors (Lipinski definition) is 1. The smallest absolute Gasteiger partial charge is 0.413 e. The molecule has 3 aromatic carbocycles. The van der Waals surface area contributed by atoms with Crippen LogP contribution in [0.15, 0.2) is 104 Å². The zero-order valence-electron chi connectivity index (χ0n) is 20.4. The number of aromatic nitrogens is 4. The van der Waals surface area contributed by atoms with Crippen molar-refractivity contribution >= 4 is 23.1 Å². The van der Waals surface area contributed by atoms with Crippen molar-refractivity contribution in [2.75, 3.05) is 4.90 Å². The van der Waals surface area contributed by atoms with Crippen LogP contribution in [0.3, 0.4) is 0 Å². The van der Waals surface area contributed by atoms with E-state index in [1.165, 1.54) is 11.2 Å². The standard InChI is InChI=1S/C29H27N5O2/c1-28(2,3)34(27(35)36)26-24-25(30-19-31-26)33(20-32-24)29(21-13-7-4-8-14-21,22-15-9-5-10-16-22)23-17-11-6-12-18-23/h4-20H,1-3H3,(H,35,36). The Kier molecular flexibility index (Phi) is 5.76. The maximum Gasteiger partial charge on any atom is 0.413 e. The first kappa shape index (κ1) is 23.2. The molecule has 2 heterocycles. The van der Waals surface area contributed by atoms with E-state index in [0.717, 1.165) is 16.7 Å². The summed E-state index contributed by atoms with van der Waals surface area (Å²) >= 11 is 0. The number of amides is 1. The molecule has 0 bridgehead atoms. The number of nitrogens with zero attached hydrogens (tertiary/aromatic N) is 5. The number of carbonyl (C=O) groups is 1. The molecule has 0 saturated heterocycles. The molecule has 7 heteroatoms. The van der Waals surface area contributed by atoms with Gasteiger partial charge >= 0.3 is 6.09 Å². The van der Waals surface area contributed by atoms with Gasteiger partial charge in [-0.1, -0.05) is 91.0 Å². The van der Waals surface area contributed by atoms with Crippen LogP contribution < -0.4 is 4.90 Å². The fourth-order valence-electron chi connectivity index (χ4n) is 4.88. The molecule has 1 amide bonds. The first-order valence-corrected chi connectivity index (χ1v) is 11.7.